The molecule has 0 saturated heterocycles. The zero-order valence-corrected chi connectivity index (χ0v) is 10.2. The van der Waals surface area contributed by atoms with Crippen LogP contribution in [0, 0.1) is 13.8 Å². The van der Waals surface area contributed by atoms with Crippen molar-refractivity contribution < 1.29 is 49.5 Å². The fourth-order valence-corrected chi connectivity index (χ4v) is 0. The average Bonchev–Trinajstić information content (AvgIpc) is 1.88. The SMILES string of the molecule is [CH2-]CCC.[CH2-]CCC.[Ni+2].[Ni].[Ni]. The zero-order valence-electron chi connectivity index (χ0n) is 7.19. The molecule has 0 unspecified atom stereocenters. The third-order valence-electron chi connectivity index (χ3n) is 0.707. The molecular formula is C8H18Ni3. The van der Waals surface area contributed by atoms with Crippen LogP contribution < -0.4 is 0 Å². The first-order valence-electron chi connectivity index (χ1n) is 3.41. The molecule has 0 nitrogen and oxygen atoms in total. The molecule has 0 rings (SSSR count). The Morgan fingerprint density at radius 3 is 0.909 bits per heavy atom. The molecule has 0 aromatic rings. The quantitative estimate of drug-likeness (QED) is 0.541. The van der Waals surface area contributed by atoms with Crippen LogP contribution in [-0.2, 0) is 49.5 Å². The van der Waals surface area contributed by atoms with Crippen LogP contribution in [-0.4, -0.2) is 0 Å². The summed E-state index contributed by atoms with van der Waals surface area (Å²) in [7, 11) is 0. The normalized spacial score (nSPS) is 5.45. The van der Waals surface area contributed by atoms with Crippen LogP contribution in [0.15, 0.2) is 0 Å². The summed E-state index contributed by atoms with van der Waals surface area (Å²) in [5.74, 6) is 0. The van der Waals surface area contributed by atoms with Gasteiger partial charge in [0.15, 0.2) is 0 Å². The van der Waals surface area contributed by atoms with Gasteiger partial charge in [-0.15, -0.1) is 0 Å². The fraction of sp³-hybridized carbons (Fsp3) is 0.750. The predicted molar refractivity (Wildman–Crippen MR) is 40.5 cm³/mol. The van der Waals surface area contributed by atoms with Gasteiger partial charge >= 0.3 is 16.5 Å². The Morgan fingerprint density at radius 1 is 0.818 bits per heavy atom. The first-order valence-corrected chi connectivity index (χ1v) is 3.41. The van der Waals surface area contributed by atoms with E-state index >= 15 is 0 Å². The van der Waals surface area contributed by atoms with E-state index < -0.39 is 0 Å². The minimum absolute atomic E-state index is 0. The summed E-state index contributed by atoms with van der Waals surface area (Å²) in [5, 5.41) is 0. The van der Waals surface area contributed by atoms with E-state index in [1.165, 1.54) is 12.8 Å². The molecule has 0 aliphatic rings. The standard InChI is InChI=1S/2C4H9.3Ni/c2*1-3-4-2;;;/h2*1,3-4H2,2H3;;;/q2*-1;;;+2. The van der Waals surface area contributed by atoms with Crippen LogP contribution in [0.4, 0.5) is 0 Å². The Hall–Kier alpha value is 1.48. The molecule has 0 aliphatic heterocycles. The molecule has 0 atom stereocenters. The molecule has 0 amide bonds. The maximum atomic E-state index is 3.60. The van der Waals surface area contributed by atoms with Gasteiger partial charge in [-0.3, -0.25) is 0 Å². The third-order valence-corrected chi connectivity index (χ3v) is 0.707. The van der Waals surface area contributed by atoms with Gasteiger partial charge in [0.2, 0.25) is 0 Å². The van der Waals surface area contributed by atoms with Gasteiger partial charge in [0.25, 0.3) is 0 Å². The Morgan fingerprint density at radius 2 is 0.909 bits per heavy atom. The first-order chi connectivity index (χ1) is 3.83. The van der Waals surface area contributed by atoms with Crippen LogP contribution >= 0.6 is 0 Å². The van der Waals surface area contributed by atoms with Crippen LogP contribution in [0.1, 0.15) is 39.5 Å². The molecule has 0 aromatic heterocycles. The molecule has 0 aromatic carbocycles. The first kappa shape index (κ1) is 29.4. The second-order valence-electron chi connectivity index (χ2n) is 1.71. The smallest absolute Gasteiger partial charge is 0.343 e. The van der Waals surface area contributed by atoms with Gasteiger partial charge in [-0.1, -0.05) is 26.7 Å². The monoisotopic (exact) mass is 288 g/mol. The Bertz CT molecular complexity index is 17.3. The summed E-state index contributed by atoms with van der Waals surface area (Å²) < 4.78 is 0. The van der Waals surface area contributed by atoms with Gasteiger partial charge in [-0.2, -0.15) is 12.8 Å². The van der Waals surface area contributed by atoms with Crippen molar-refractivity contribution in [2.45, 2.75) is 39.5 Å². The van der Waals surface area contributed by atoms with Gasteiger partial charge < -0.3 is 13.8 Å². The molecule has 0 saturated carbocycles. The number of rotatable bonds is 2. The Balaban J connectivity index is -0.0000000171. The molecule has 0 aliphatic carbocycles. The van der Waals surface area contributed by atoms with Crippen LogP contribution in [0.25, 0.3) is 0 Å². The predicted octanol–water partition coefficient (Wildman–Crippen LogP) is 3.23. The molecule has 0 fully saturated rings. The summed E-state index contributed by atoms with van der Waals surface area (Å²) in [4.78, 5) is 0. The van der Waals surface area contributed by atoms with Crippen LogP contribution in [0.2, 0.25) is 0 Å². The molecule has 3 heteroatoms. The largest absolute Gasteiger partial charge is 2.00 e. The summed E-state index contributed by atoms with van der Waals surface area (Å²) in [6, 6.07) is 0. The number of hydrogen-bond donors (Lipinski definition) is 0. The summed E-state index contributed by atoms with van der Waals surface area (Å²) >= 11 is 0. The molecule has 0 radical (unpaired) electrons. The van der Waals surface area contributed by atoms with Crippen molar-refractivity contribution in [2.24, 2.45) is 0 Å². The van der Waals surface area contributed by atoms with Crippen molar-refractivity contribution in [1.29, 1.82) is 0 Å². The van der Waals surface area contributed by atoms with E-state index in [0.717, 1.165) is 12.8 Å². The Kier molecular flexibility index (Phi) is 112. The minimum atomic E-state index is 0. The van der Waals surface area contributed by atoms with Crippen molar-refractivity contribution in [3.05, 3.63) is 13.8 Å². The van der Waals surface area contributed by atoms with Crippen molar-refractivity contribution in [3.63, 3.8) is 0 Å². The van der Waals surface area contributed by atoms with Gasteiger partial charge in [0, 0.05) is 33.0 Å². The maximum absolute atomic E-state index is 3.60. The van der Waals surface area contributed by atoms with E-state index in [9.17, 15) is 0 Å². The van der Waals surface area contributed by atoms with Gasteiger partial charge in [-0.25, -0.2) is 0 Å². The number of unbranched alkanes of at least 4 members (excludes halogenated alkanes) is 2. The van der Waals surface area contributed by atoms with E-state index in [1.807, 2.05) is 0 Å². The molecular weight excluding hydrogens is 272 g/mol. The fourth-order valence-electron chi connectivity index (χ4n) is 0. The van der Waals surface area contributed by atoms with Crippen molar-refractivity contribution in [2.75, 3.05) is 0 Å². The van der Waals surface area contributed by atoms with Crippen molar-refractivity contribution in [1.82, 2.24) is 0 Å². The van der Waals surface area contributed by atoms with Gasteiger partial charge in [0.1, 0.15) is 0 Å². The second-order valence-corrected chi connectivity index (χ2v) is 1.71. The zero-order chi connectivity index (χ0) is 6.83. The van der Waals surface area contributed by atoms with Crippen LogP contribution in [0.3, 0.4) is 0 Å². The van der Waals surface area contributed by atoms with Crippen molar-refractivity contribution >= 4 is 0 Å². The van der Waals surface area contributed by atoms with E-state index in [0.29, 0.717) is 0 Å². The van der Waals surface area contributed by atoms with E-state index in [2.05, 4.69) is 27.7 Å². The molecule has 0 spiro atoms. The topological polar surface area (TPSA) is 0 Å². The molecule has 0 heterocycles. The van der Waals surface area contributed by atoms with E-state index in [1.54, 1.807) is 0 Å². The van der Waals surface area contributed by atoms with Crippen molar-refractivity contribution in [3.8, 4) is 0 Å². The molecule has 80 valence electrons. The second kappa shape index (κ2) is 42.0. The summed E-state index contributed by atoms with van der Waals surface area (Å²) in [6.07, 6.45) is 4.56. The van der Waals surface area contributed by atoms with E-state index in [4.69, 9.17) is 0 Å². The average molecular weight is 290 g/mol. The molecule has 0 N–H and O–H groups in total. The van der Waals surface area contributed by atoms with E-state index in [-0.39, 0.29) is 49.5 Å². The van der Waals surface area contributed by atoms with Gasteiger partial charge in [0.05, 0.1) is 0 Å². The summed E-state index contributed by atoms with van der Waals surface area (Å²) in [5.41, 5.74) is 0. The maximum Gasteiger partial charge on any atom is 2.00 e. The van der Waals surface area contributed by atoms with Gasteiger partial charge in [-0.05, 0) is 0 Å². The molecule has 11 heavy (non-hydrogen) atoms. The Labute approximate surface area is 102 Å². The number of hydrogen-bond acceptors (Lipinski definition) is 0. The molecule has 0 bridgehead atoms. The summed E-state index contributed by atoms with van der Waals surface area (Å²) in [6.45, 7) is 11.4. The third kappa shape index (κ3) is 85.2. The van der Waals surface area contributed by atoms with Crippen LogP contribution in [0.5, 0.6) is 0 Å². The minimum Gasteiger partial charge on any atom is -0.343 e.